The number of halogens is 4. The molecule has 10 heteroatoms. The van der Waals surface area contributed by atoms with E-state index >= 15 is 4.39 Å². The highest BCUT2D eigenvalue weighted by Crippen LogP contribution is 2.47. The summed E-state index contributed by atoms with van der Waals surface area (Å²) in [7, 11) is 1.54. The number of carbonyl (C=O) groups is 2. The molecule has 1 saturated heterocycles. The van der Waals surface area contributed by atoms with Crippen molar-refractivity contribution in [2.75, 3.05) is 13.7 Å². The lowest BCUT2D eigenvalue weighted by atomic mass is 9.72. The predicted octanol–water partition coefficient (Wildman–Crippen LogP) is 9.07. The summed E-state index contributed by atoms with van der Waals surface area (Å²) in [6.45, 7) is 7.81. The molecule has 45 heavy (non-hydrogen) atoms. The van der Waals surface area contributed by atoms with E-state index in [1.165, 1.54) is 19.2 Å². The van der Waals surface area contributed by atoms with Crippen LogP contribution in [-0.4, -0.2) is 41.8 Å². The van der Waals surface area contributed by atoms with Crippen molar-refractivity contribution in [2.45, 2.75) is 65.3 Å². The van der Waals surface area contributed by atoms with Crippen molar-refractivity contribution < 1.29 is 41.7 Å². The molecule has 1 N–H and O–H groups in total. The van der Waals surface area contributed by atoms with Crippen LogP contribution in [0.15, 0.2) is 60.2 Å². The van der Waals surface area contributed by atoms with E-state index in [9.17, 15) is 27.9 Å². The van der Waals surface area contributed by atoms with Crippen molar-refractivity contribution >= 4 is 17.6 Å². The van der Waals surface area contributed by atoms with Crippen molar-refractivity contribution in [2.24, 2.45) is 5.41 Å². The maximum Gasteiger partial charge on any atom is 0.416 e. The number of hydrogen-bond donors (Lipinski definition) is 1. The van der Waals surface area contributed by atoms with Gasteiger partial charge in [-0.05, 0) is 97.2 Å². The maximum absolute atomic E-state index is 15.1. The molecule has 1 fully saturated rings. The van der Waals surface area contributed by atoms with Gasteiger partial charge in [0.1, 0.15) is 17.7 Å². The number of aromatic carboxylic acids is 1. The Morgan fingerprint density at radius 1 is 1.09 bits per heavy atom. The number of rotatable bonds is 7. The van der Waals surface area contributed by atoms with Crippen LogP contribution in [0.25, 0.3) is 16.7 Å². The highest BCUT2D eigenvalue weighted by molar-refractivity contribution is 5.88. The Balaban J connectivity index is 1.54. The standard InChI is InChI=1S/C35H35F4NO5/c1-19-12-23(14-25(13-19)35(37,38)39)31-20(2)40(33(43)45-31)18-24-17-34(3,4)11-10-26(24)28-15-21(7-9-30(28)44-5)27-8-6-22(32(41)42)16-29(27)36/h6-9,12-16,20,31H,10-11,17-18H2,1-5H3,(H,41,42)/t20-,31-/m0/s1. The molecule has 0 aromatic heterocycles. The average molecular weight is 626 g/mol. The summed E-state index contributed by atoms with van der Waals surface area (Å²) in [5.41, 5.74) is 3.05. The minimum absolute atomic E-state index is 0.0904. The maximum atomic E-state index is 15.1. The molecule has 0 unspecified atom stereocenters. The molecule has 6 nitrogen and oxygen atoms in total. The Kier molecular flexibility index (Phi) is 8.46. The van der Waals surface area contributed by atoms with Gasteiger partial charge < -0.3 is 14.6 Å². The van der Waals surface area contributed by atoms with Crippen LogP contribution in [0.2, 0.25) is 0 Å². The van der Waals surface area contributed by atoms with Gasteiger partial charge in [0.05, 0.1) is 24.3 Å². The number of ether oxygens (including phenoxy) is 2. The monoisotopic (exact) mass is 625 g/mol. The second kappa shape index (κ2) is 11.9. The van der Waals surface area contributed by atoms with Gasteiger partial charge in [-0.25, -0.2) is 14.0 Å². The van der Waals surface area contributed by atoms with Crippen LogP contribution < -0.4 is 4.74 Å². The smallest absolute Gasteiger partial charge is 0.416 e. The summed E-state index contributed by atoms with van der Waals surface area (Å²) in [4.78, 5) is 26.1. The molecule has 1 amide bonds. The van der Waals surface area contributed by atoms with Crippen LogP contribution in [0.5, 0.6) is 5.75 Å². The van der Waals surface area contributed by atoms with Gasteiger partial charge in [0, 0.05) is 17.7 Å². The van der Waals surface area contributed by atoms with E-state index in [4.69, 9.17) is 9.47 Å². The van der Waals surface area contributed by atoms with E-state index in [1.807, 2.05) is 6.07 Å². The largest absolute Gasteiger partial charge is 0.496 e. The first-order chi connectivity index (χ1) is 21.1. The lowest BCUT2D eigenvalue weighted by molar-refractivity contribution is -0.137. The van der Waals surface area contributed by atoms with Crippen molar-refractivity contribution in [1.29, 1.82) is 0 Å². The lowest BCUT2D eigenvalue weighted by Gasteiger charge is -2.36. The number of hydrogen-bond acceptors (Lipinski definition) is 4. The number of aryl methyl sites for hydroxylation is 1. The predicted molar refractivity (Wildman–Crippen MR) is 161 cm³/mol. The summed E-state index contributed by atoms with van der Waals surface area (Å²) in [5, 5.41) is 9.25. The zero-order valence-corrected chi connectivity index (χ0v) is 25.7. The molecule has 2 aliphatic rings. The third kappa shape index (κ3) is 6.55. The van der Waals surface area contributed by atoms with E-state index < -0.39 is 41.8 Å². The second-order valence-corrected chi connectivity index (χ2v) is 12.6. The number of carbonyl (C=O) groups excluding carboxylic acids is 1. The van der Waals surface area contributed by atoms with Gasteiger partial charge in [0.15, 0.2) is 0 Å². The summed E-state index contributed by atoms with van der Waals surface area (Å²) >= 11 is 0. The van der Waals surface area contributed by atoms with Crippen LogP contribution in [0, 0.1) is 18.2 Å². The third-order valence-corrected chi connectivity index (χ3v) is 8.73. The van der Waals surface area contributed by atoms with E-state index in [2.05, 4.69) is 13.8 Å². The number of benzene rings is 3. The fourth-order valence-corrected chi connectivity index (χ4v) is 6.39. The van der Waals surface area contributed by atoms with Crippen LogP contribution in [0.3, 0.4) is 0 Å². The molecule has 1 heterocycles. The van der Waals surface area contributed by atoms with Gasteiger partial charge in [-0.15, -0.1) is 0 Å². The lowest BCUT2D eigenvalue weighted by Crippen LogP contribution is -2.35. The van der Waals surface area contributed by atoms with Gasteiger partial charge in [-0.1, -0.05) is 37.6 Å². The molecule has 0 radical (unpaired) electrons. The summed E-state index contributed by atoms with van der Waals surface area (Å²) < 4.78 is 67.1. The third-order valence-electron chi connectivity index (χ3n) is 8.73. The number of carboxylic acids is 1. The fraction of sp³-hybridized carbons (Fsp3) is 0.371. The Hall–Kier alpha value is -4.34. The average Bonchev–Trinajstić information content (AvgIpc) is 3.24. The number of nitrogens with zero attached hydrogens (tertiary/aromatic N) is 1. The second-order valence-electron chi connectivity index (χ2n) is 12.6. The molecule has 238 valence electrons. The van der Waals surface area contributed by atoms with Crippen LogP contribution in [0.1, 0.15) is 78.7 Å². The molecule has 2 atom stereocenters. The summed E-state index contributed by atoms with van der Waals surface area (Å²) in [6.07, 6.45) is -3.90. The number of carboxylic acid groups (broad SMARTS) is 1. The van der Waals surface area contributed by atoms with Gasteiger partial charge in [-0.2, -0.15) is 13.2 Å². The molecule has 1 aliphatic heterocycles. The zero-order chi connectivity index (χ0) is 32.8. The summed E-state index contributed by atoms with van der Waals surface area (Å²) in [6, 6.07) is 12.2. The van der Waals surface area contributed by atoms with Crippen LogP contribution >= 0.6 is 0 Å². The van der Waals surface area contributed by atoms with Gasteiger partial charge in [0.25, 0.3) is 0 Å². The first-order valence-corrected chi connectivity index (χ1v) is 14.7. The van der Waals surface area contributed by atoms with Gasteiger partial charge in [-0.3, -0.25) is 4.90 Å². The molecule has 0 spiro atoms. The minimum Gasteiger partial charge on any atom is -0.496 e. The molecular weight excluding hydrogens is 590 g/mol. The highest BCUT2D eigenvalue weighted by Gasteiger charge is 2.42. The van der Waals surface area contributed by atoms with Crippen molar-refractivity contribution in [3.63, 3.8) is 0 Å². The Bertz CT molecular complexity index is 1690. The number of alkyl halides is 3. The first-order valence-electron chi connectivity index (χ1n) is 14.7. The number of amides is 1. The van der Waals surface area contributed by atoms with Crippen LogP contribution in [0.4, 0.5) is 22.4 Å². The van der Waals surface area contributed by atoms with E-state index in [0.29, 0.717) is 29.7 Å². The topological polar surface area (TPSA) is 76.1 Å². The number of allylic oxidation sites excluding steroid dienone is 1. The van der Waals surface area contributed by atoms with Crippen molar-refractivity contribution in [3.05, 3.63) is 93.8 Å². The normalized spacial score (nSPS) is 19.9. The fourth-order valence-electron chi connectivity index (χ4n) is 6.39. The molecule has 0 bridgehead atoms. The SMILES string of the molecule is COc1ccc(-c2ccc(C(=O)O)cc2F)cc1C1=C(CN2C(=O)O[C@H](c3cc(C)cc(C(F)(F)F)c3)[C@@H]2C)CC(C)(C)CC1. The van der Waals surface area contributed by atoms with E-state index in [1.54, 1.807) is 36.9 Å². The molecule has 3 aromatic rings. The van der Waals surface area contributed by atoms with Crippen molar-refractivity contribution in [3.8, 4) is 16.9 Å². The Labute approximate surface area is 259 Å². The zero-order valence-electron chi connectivity index (χ0n) is 25.7. The van der Waals surface area contributed by atoms with Crippen molar-refractivity contribution in [1.82, 2.24) is 4.90 Å². The quantitative estimate of drug-likeness (QED) is 0.265. The summed E-state index contributed by atoms with van der Waals surface area (Å²) in [5.74, 6) is -1.34. The molecule has 1 aliphatic carbocycles. The minimum atomic E-state index is -4.53. The van der Waals surface area contributed by atoms with E-state index in [-0.39, 0.29) is 28.7 Å². The molecule has 3 aromatic carbocycles. The number of methoxy groups -OCH3 is 1. The van der Waals surface area contributed by atoms with E-state index in [0.717, 1.165) is 41.3 Å². The van der Waals surface area contributed by atoms with Crippen LogP contribution in [-0.2, 0) is 10.9 Å². The van der Waals surface area contributed by atoms with Gasteiger partial charge >= 0.3 is 18.2 Å². The molecule has 0 saturated carbocycles. The van der Waals surface area contributed by atoms with Gasteiger partial charge in [0.2, 0.25) is 0 Å². The highest BCUT2D eigenvalue weighted by atomic mass is 19.4. The molecule has 5 rings (SSSR count). The molecular formula is C35H35F4NO5. The number of cyclic esters (lactones) is 1. The Morgan fingerprint density at radius 3 is 2.47 bits per heavy atom. The Morgan fingerprint density at radius 2 is 1.82 bits per heavy atom. The first kappa shape index (κ1) is 32.1.